The van der Waals surface area contributed by atoms with Gasteiger partial charge in [-0.2, -0.15) is 0 Å². The number of hydrogen-bond donors (Lipinski definition) is 2. The summed E-state index contributed by atoms with van der Waals surface area (Å²) >= 11 is 3.47. The number of carbonyl (C=O) groups is 1. The first-order valence-corrected chi connectivity index (χ1v) is 7.78. The monoisotopic (exact) mass is 376 g/mol. The fraction of sp³-hybridized carbons (Fsp3) is 0.533. The standard InChI is InChI=1S/C15H21BrN2O2.ClH/c1-10(11-6-7-14(20-2)12(16)9-11)18-15(19)13-5-3-4-8-17-13;/h6-7,9-10,13,17H,3-5,8H2,1-2H3,(H,18,19);1H/t10?,13-;/m1./s1. The second-order valence-corrected chi connectivity index (χ2v) is 5.98. The summed E-state index contributed by atoms with van der Waals surface area (Å²) in [6.45, 7) is 2.93. The summed E-state index contributed by atoms with van der Waals surface area (Å²) in [5, 5.41) is 6.33. The van der Waals surface area contributed by atoms with Gasteiger partial charge in [-0.05, 0) is 59.9 Å². The molecule has 1 fully saturated rings. The molecule has 1 saturated heterocycles. The van der Waals surface area contributed by atoms with Crippen LogP contribution >= 0.6 is 28.3 Å². The van der Waals surface area contributed by atoms with E-state index in [9.17, 15) is 4.79 Å². The van der Waals surface area contributed by atoms with Gasteiger partial charge in [0.1, 0.15) is 5.75 Å². The number of rotatable bonds is 4. The molecule has 0 radical (unpaired) electrons. The first-order valence-electron chi connectivity index (χ1n) is 6.99. The zero-order chi connectivity index (χ0) is 14.5. The molecular weight excluding hydrogens is 356 g/mol. The molecule has 2 atom stereocenters. The van der Waals surface area contributed by atoms with Gasteiger partial charge in [0.05, 0.1) is 23.7 Å². The SMILES string of the molecule is COc1ccc(C(C)NC(=O)[C@H]2CCCCN2)cc1Br.Cl. The molecule has 0 aromatic heterocycles. The Morgan fingerprint density at radius 3 is 2.81 bits per heavy atom. The summed E-state index contributed by atoms with van der Waals surface area (Å²) in [6, 6.07) is 5.79. The van der Waals surface area contributed by atoms with E-state index >= 15 is 0 Å². The molecule has 1 aromatic rings. The second-order valence-electron chi connectivity index (χ2n) is 5.13. The van der Waals surface area contributed by atoms with Crippen LogP contribution in [0.1, 0.15) is 37.8 Å². The van der Waals surface area contributed by atoms with Crippen molar-refractivity contribution >= 4 is 34.2 Å². The molecule has 0 saturated carbocycles. The van der Waals surface area contributed by atoms with Gasteiger partial charge in [-0.25, -0.2) is 0 Å². The minimum atomic E-state index is -0.0483. The van der Waals surface area contributed by atoms with Gasteiger partial charge in [-0.1, -0.05) is 12.5 Å². The van der Waals surface area contributed by atoms with E-state index in [1.54, 1.807) is 7.11 Å². The molecule has 118 valence electrons. The normalized spacial score (nSPS) is 19.3. The zero-order valence-electron chi connectivity index (χ0n) is 12.3. The summed E-state index contributed by atoms with van der Waals surface area (Å²) in [5.41, 5.74) is 1.06. The number of methoxy groups -OCH3 is 1. The van der Waals surface area contributed by atoms with Gasteiger partial charge in [-0.3, -0.25) is 4.79 Å². The first kappa shape index (κ1) is 18.3. The minimum Gasteiger partial charge on any atom is -0.496 e. The molecule has 0 spiro atoms. The van der Waals surface area contributed by atoms with Crippen molar-refractivity contribution in [2.24, 2.45) is 0 Å². The van der Waals surface area contributed by atoms with E-state index in [0.717, 1.165) is 41.6 Å². The van der Waals surface area contributed by atoms with Crippen molar-refractivity contribution in [1.82, 2.24) is 10.6 Å². The van der Waals surface area contributed by atoms with Crippen molar-refractivity contribution in [3.63, 3.8) is 0 Å². The van der Waals surface area contributed by atoms with Crippen LogP contribution in [-0.2, 0) is 4.79 Å². The molecule has 1 heterocycles. The van der Waals surface area contributed by atoms with Crippen LogP contribution in [0.15, 0.2) is 22.7 Å². The van der Waals surface area contributed by atoms with E-state index in [0.29, 0.717) is 0 Å². The van der Waals surface area contributed by atoms with Crippen LogP contribution in [0.2, 0.25) is 0 Å². The van der Waals surface area contributed by atoms with Crippen molar-refractivity contribution < 1.29 is 9.53 Å². The third kappa shape index (κ3) is 4.87. The van der Waals surface area contributed by atoms with Gasteiger partial charge in [0, 0.05) is 0 Å². The summed E-state index contributed by atoms with van der Waals surface area (Å²) in [4.78, 5) is 12.2. The Bertz CT molecular complexity index is 479. The van der Waals surface area contributed by atoms with Crippen LogP contribution in [0.4, 0.5) is 0 Å². The van der Waals surface area contributed by atoms with Crippen molar-refractivity contribution in [3.05, 3.63) is 28.2 Å². The van der Waals surface area contributed by atoms with Gasteiger partial charge in [0.15, 0.2) is 0 Å². The number of carbonyl (C=O) groups excluding carboxylic acids is 1. The molecule has 1 amide bonds. The molecule has 2 rings (SSSR count). The average Bonchev–Trinajstić information content (AvgIpc) is 2.48. The van der Waals surface area contributed by atoms with E-state index in [1.165, 1.54) is 0 Å². The number of ether oxygens (including phenoxy) is 1. The predicted molar refractivity (Wildman–Crippen MR) is 90.1 cm³/mol. The largest absolute Gasteiger partial charge is 0.496 e. The summed E-state index contributed by atoms with van der Waals surface area (Å²) in [6.07, 6.45) is 3.20. The summed E-state index contributed by atoms with van der Waals surface area (Å²) in [5.74, 6) is 0.880. The fourth-order valence-electron chi connectivity index (χ4n) is 2.42. The highest BCUT2D eigenvalue weighted by Gasteiger charge is 2.22. The third-order valence-corrected chi connectivity index (χ3v) is 4.28. The Balaban J connectivity index is 0.00000220. The highest BCUT2D eigenvalue weighted by atomic mass is 79.9. The Morgan fingerprint density at radius 1 is 1.48 bits per heavy atom. The lowest BCUT2D eigenvalue weighted by Gasteiger charge is -2.25. The maximum absolute atomic E-state index is 12.2. The first-order chi connectivity index (χ1) is 9.61. The van der Waals surface area contributed by atoms with E-state index in [-0.39, 0.29) is 30.4 Å². The van der Waals surface area contributed by atoms with Crippen molar-refractivity contribution in [3.8, 4) is 5.75 Å². The molecule has 0 aliphatic carbocycles. The van der Waals surface area contributed by atoms with Crippen LogP contribution in [0, 0.1) is 0 Å². The topological polar surface area (TPSA) is 50.4 Å². The van der Waals surface area contributed by atoms with Gasteiger partial charge < -0.3 is 15.4 Å². The molecule has 1 aliphatic heterocycles. The Labute approximate surface area is 140 Å². The van der Waals surface area contributed by atoms with Crippen LogP contribution < -0.4 is 15.4 Å². The predicted octanol–water partition coefficient (Wildman–Crippen LogP) is 3.20. The van der Waals surface area contributed by atoms with Crippen LogP contribution in [0.25, 0.3) is 0 Å². The van der Waals surface area contributed by atoms with Crippen molar-refractivity contribution in [2.75, 3.05) is 13.7 Å². The summed E-state index contributed by atoms with van der Waals surface area (Å²) in [7, 11) is 1.64. The maximum Gasteiger partial charge on any atom is 0.237 e. The maximum atomic E-state index is 12.2. The quantitative estimate of drug-likeness (QED) is 0.847. The number of hydrogen-bond acceptors (Lipinski definition) is 3. The fourth-order valence-corrected chi connectivity index (χ4v) is 2.98. The molecule has 21 heavy (non-hydrogen) atoms. The molecule has 2 N–H and O–H groups in total. The lowest BCUT2D eigenvalue weighted by atomic mass is 10.0. The number of halogens is 2. The lowest BCUT2D eigenvalue weighted by Crippen LogP contribution is -2.47. The van der Waals surface area contributed by atoms with Crippen LogP contribution in [0.3, 0.4) is 0 Å². The number of amides is 1. The Kier molecular flexibility index (Phi) is 7.49. The molecule has 1 aliphatic rings. The van der Waals surface area contributed by atoms with E-state index in [1.807, 2.05) is 25.1 Å². The third-order valence-electron chi connectivity index (χ3n) is 3.66. The number of nitrogens with one attached hydrogen (secondary N) is 2. The number of piperidine rings is 1. The lowest BCUT2D eigenvalue weighted by molar-refractivity contribution is -0.124. The minimum absolute atomic E-state index is 0. The van der Waals surface area contributed by atoms with Gasteiger partial charge >= 0.3 is 0 Å². The Morgan fingerprint density at radius 2 is 2.24 bits per heavy atom. The number of benzene rings is 1. The van der Waals surface area contributed by atoms with E-state index in [2.05, 4.69) is 26.6 Å². The molecule has 4 nitrogen and oxygen atoms in total. The van der Waals surface area contributed by atoms with Crippen LogP contribution in [-0.4, -0.2) is 25.6 Å². The smallest absolute Gasteiger partial charge is 0.237 e. The van der Waals surface area contributed by atoms with Gasteiger partial charge in [0.25, 0.3) is 0 Å². The average molecular weight is 378 g/mol. The molecule has 0 bridgehead atoms. The van der Waals surface area contributed by atoms with E-state index < -0.39 is 0 Å². The molecule has 1 aromatic carbocycles. The van der Waals surface area contributed by atoms with Crippen molar-refractivity contribution in [1.29, 1.82) is 0 Å². The molecule has 6 heteroatoms. The highest BCUT2D eigenvalue weighted by molar-refractivity contribution is 9.10. The zero-order valence-corrected chi connectivity index (χ0v) is 14.7. The second kappa shape index (κ2) is 8.61. The Hall–Kier alpha value is -0.780. The van der Waals surface area contributed by atoms with Gasteiger partial charge in [0.2, 0.25) is 5.91 Å². The molecule has 1 unspecified atom stereocenters. The molecular formula is C15H22BrClN2O2. The summed E-state index contributed by atoms with van der Waals surface area (Å²) < 4.78 is 6.11. The van der Waals surface area contributed by atoms with Gasteiger partial charge in [-0.15, -0.1) is 12.4 Å². The van der Waals surface area contributed by atoms with Crippen LogP contribution in [0.5, 0.6) is 5.75 Å². The van der Waals surface area contributed by atoms with Crippen molar-refractivity contribution in [2.45, 2.75) is 38.3 Å². The highest BCUT2D eigenvalue weighted by Crippen LogP contribution is 2.28. The van der Waals surface area contributed by atoms with E-state index in [4.69, 9.17) is 4.74 Å².